The van der Waals surface area contributed by atoms with Crippen LogP contribution in [0.1, 0.15) is 46.3 Å². The molecule has 0 aliphatic carbocycles. The molecule has 1 fully saturated rings. The summed E-state index contributed by atoms with van der Waals surface area (Å²) in [4.78, 5) is 16.6. The van der Waals surface area contributed by atoms with Crippen LogP contribution in [0.4, 0.5) is 0 Å². The van der Waals surface area contributed by atoms with E-state index in [1.807, 2.05) is 11.0 Å². The fourth-order valence-corrected chi connectivity index (χ4v) is 6.55. The van der Waals surface area contributed by atoms with Gasteiger partial charge in [-0.05, 0) is 49.3 Å². The Morgan fingerprint density at radius 3 is 2.69 bits per heavy atom. The normalized spacial score (nSPS) is 16.2. The van der Waals surface area contributed by atoms with Gasteiger partial charge in [0, 0.05) is 24.0 Å². The molecule has 8 heteroatoms. The van der Waals surface area contributed by atoms with Crippen LogP contribution in [0.25, 0.3) is 0 Å². The van der Waals surface area contributed by atoms with Crippen LogP contribution in [0, 0.1) is 6.92 Å². The van der Waals surface area contributed by atoms with E-state index in [1.165, 1.54) is 21.8 Å². The summed E-state index contributed by atoms with van der Waals surface area (Å²) in [5, 5.41) is 1.76. The number of amides is 1. The lowest BCUT2D eigenvalue weighted by molar-refractivity contribution is 0.0716. The smallest absolute Gasteiger partial charge is 0.263 e. The molecule has 3 rings (SSSR count). The van der Waals surface area contributed by atoms with Crippen molar-refractivity contribution in [1.82, 2.24) is 9.62 Å². The highest BCUT2D eigenvalue weighted by molar-refractivity contribution is 7.91. The molecule has 5 nitrogen and oxygen atoms in total. The second-order valence-electron chi connectivity index (χ2n) is 6.56. The highest BCUT2D eigenvalue weighted by atomic mass is 32.2. The van der Waals surface area contributed by atoms with Gasteiger partial charge in [0.1, 0.15) is 4.21 Å². The van der Waals surface area contributed by atoms with E-state index in [0.29, 0.717) is 30.1 Å². The van der Waals surface area contributed by atoms with Crippen molar-refractivity contribution >= 4 is 38.6 Å². The predicted octanol–water partition coefficient (Wildman–Crippen LogP) is 3.65. The quantitative estimate of drug-likeness (QED) is 0.787. The van der Waals surface area contributed by atoms with E-state index in [2.05, 4.69) is 18.6 Å². The van der Waals surface area contributed by atoms with E-state index in [1.54, 1.807) is 28.8 Å². The van der Waals surface area contributed by atoms with Gasteiger partial charge < -0.3 is 4.90 Å². The zero-order chi connectivity index (χ0) is 18.7. The SMILES string of the molecule is CCCc1cc(C(=O)N2CCC(NS(=O)(=O)c3cccs3)CC2)sc1C. The van der Waals surface area contributed by atoms with Gasteiger partial charge in [-0.15, -0.1) is 22.7 Å². The number of carbonyl (C=O) groups is 1. The van der Waals surface area contributed by atoms with Crippen LogP contribution >= 0.6 is 22.7 Å². The van der Waals surface area contributed by atoms with E-state index < -0.39 is 10.0 Å². The fourth-order valence-electron chi connectivity index (χ4n) is 3.19. The number of piperidine rings is 1. The third-order valence-corrected chi connectivity index (χ3v) is 8.61. The van der Waals surface area contributed by atoms with Gasteiger partial charge in [-0.1, -0.05) is 19.4 Å². The van der Waals surface area contributed by atoms with Gasteiger partial charge in [-0.25, -0.2) is 13.1 Å². The average molecular weight is 413 g/mol. The number of aryl methyl sites for hydroxylation is 2. The van der Waals surface area contributed by atoms with Gasteiger partial charge in [0.2, 0.25) is 10.0 Å². The Balaban J connectivity index is 1.58. The number of likely N-dealkylation sites (tertiary alicyclic amines) is 1. The number of hydrogen-bond donors (Lipinski definition) is 1. The lowest BCUT2D eigenvalue weighted by atomic mass is 10.1. The molecule has 26 heavy (non-hydrogen) atoms. The lowest BCUT2D eigenvalue weighted by Gasteiger charge is -2.31. The molecule has 142 valence electrons. The minimum atomic E-state index is -3.45. The van der Waals surface area contributed by atoms with Gasteiger partial charge in [-0.3, -0.25) is 4.79 Å². The van der Waals surface area contributed by atoms with Crippen molar-refractivity contribution < 1.29 is 13.2 Å². The van der Waals surface area contributed by atoms with Crippen molar-refractivity contribution in [3.8, 4) is 0 Å². The Hall–Kier alpha value is -1.22. The molecule has 0 saturated carbocycles. The molecule has 0 spiro atoms. The van der Waals surface area contributed by atoms with Crippen molar-refractivity contribution in [2.75, 3.05) is 13.1 Å². The Kier molecular flexibility index (Phi) is 6.17. The van der Waals surface area contributed by atoms with Crippen molar-refractivity contribution in [3.05, 3.63) is 38.9 Å². The van der Waals surface area contributed by atoms with Gasteiger partial charge in [0.15, 0.2) is 0 Å². The maximum Gasteiger partial charge on any atom is 0.263 e. The maximum atomic E-state index is 12.7. The van der Waals surface area contributed by atoms with Crippen LogP contribution in [0.3, 0.4) is 0 Å². The summed E-state index contributed by atoms with van der Waals surface area (Å²) in [7, 11) is -3.45. The molecule has 1 amide bonds. The summed E-state index contributed by atoms with van der Waals surface area (Å²) < 4.78 is 27.8. The van der Waals surface area contributed by atoms with Crippen molar-refractivity contribution in [1.29, 1.82) is 0 Å². The van der Waals surface area contributed by atoms with Crippen LogP contribution in [0.15, 0.2) is 27.8 Å². The lowest BCUT2D eigenvalue weighted by Crippen LogP contribution is -2.46. The predicted molar refractivity (Wildman–Crippen MR) is 107 cm³/mol. The van der Waals surface area contributed by atoms with E-state index in [9.17, 15) is 13.2 Å². The molecule has 1 N–H and O–H groups in total. The zero-order valence-electron chi connectivity index (χ0n) is 15.0. The third kappa shape index (κ3) is 4.36. The second-order valence-corrected chi connectivity index (χ2v) is 10.7. The molecule has 0 unspecified atom stereocenters. The molecule has 0 radical (unpaired) electrons. The Morgan fingerprint density at radius 1 is 1.35 bits per heavy atom. The minimum Gasteiger partial charge on any atom is -0.338 e. The number of hydrogen-bond acceptors (Lipinski definition) is 5. The second kappa shape index (κ2) is 8.21. The number of sulfonamides is 1. The highest BCUT2D eigenvalue weighted by Crippen LogP contribution is 2.26. The highest BCUT2D eigenvalue weighted by Gasteiger charge is 2.28. The summed E-state index contributed by atoms with van der Waals surface area (Å²) in [6.45, 7) is 5.37. The first-order valence-corrected chi connectivity index (χ1v) is 12.0. The van der Waals surface area contributed by atoms with E-state index >= 15 is 0 Å². The van der Waals surface area contributed by atoms with Gasteiger partial charge in [-0.2, -0.15) is 0 Å². The van der Waals surface area contributed by atoms with Crippen LogP contribution < -0.4 is 4.72 Å². The van der Waals surface area contributed by atoms with Gasteiger partial charge in [0.25, 0.3) is 5.91 Å². The molecule has 0 atom stereocenters. The van der Waals surface area contributed by atoms with Crippen molar-refractivity contribution in [2.24, 2.45) is 0 Å². The largest absolute Gasteiger partial charge is 0.338 e. The third-order valence-electron chi connectivity index (χ3n) is 4.61. The van der Waals surface area contributed by atoms with E-state index in [0.717, 1.165) is 17.7 Å². The van der Waals surface area contributed by atoms with Crippen LogP contribution in [0.2, 0.25) is 0 Å². The van der Waals surface area contributed by atoms with Crippen LogP contribution in [-0.4, -0.2) is 38.4 Å². The van der Waals surface area contributed by atoms with Crippen LogP contribution in [0.5, 0.6) is 0 Å². The molecular formula is C18H24N2O3S3. The first-order valence-electron chi connectivity index (χ1n) is 8.85. The van der Waals surface area contributed by atoms with Gasteiger partial charge >= 0.3 is 0 Å². The van der Waals surface area contributed by atoms with Crippen molar-refractivity contribution in [3.63, 3.8) is 0 Å². The minimum absolute atomic E-state index is 0.0695. The molecule has 1 saturated heterocycles. The maximum absolute atomic E-state index is 12.7. The molecule has 2 aromatic heterocycles. The topological polar surface area (TPSA) is 66.5 Å². The summed E-state index contributed by atoms with van der Waals surface area (Å²) >= 11 is 2.78. The Bertz CT molecular complexity index is 848. The number of nitrogens with zero attached hydrogens (tertiary/aromatic N) is 1. The molecule has 0 aromatic carbocycles. The molecule has 2 aromatic rings. The van der Waals surface area contributed by atoms with E-state index in [-0.39, 0.29) is 11.9 Å². The number of rotatable bonds is 6. The first kappa shape index (κ1) is 19.5. The standard InChI is InChI=1S/C18H24N2O3S3/c1-3-5-14-12-16(25-13(14)2)18(21)20-9-7-15(8-10-20)19-26(22,23)17-6-4-11-24-17/h4,6,11-12,15,19H,3,5,7-10H2,1-2H3. The molecule has 1 aliphatic rings. The van der Waals surface area contributed by atoms with Crippen LogP contribution in [-0.2, 0) is 16.4 Å². The Morgan fingerprint density at radius 2 is 2.08 bits per heavy atom. The van der Waals surface area contributed by atoms with E-state index in [4.69, 9.17) is 0 Å². The molecule has 0 bridgehead atoms. The first-order chi connectivity index (χ1) is 12.4. The molecular weight excluding hydrogens is 388 g/mol. The fraction of sp³-hybridized carbons (Fsp3) is 0.500. The summed E-state index contributed by atoms with van der Waals surface area (Å²) in [6, 6.07) is 5.25. The average Bonchev–Trinajstić information content (AvgIpc) is 3.26. The number of carbonyl (C=O) groups excluding carboxylic acids is 1. The molecule has 1 aliphatic heterocycles. The number of nitrogens with one attached hydrogen (secondary N) is 1. The Labute approximate surface area is 163 Å². The zero-order valence-corrected chi connectivity index (χ0v) is 17.5. The monoisotopic (exact) mass is 412 g/mol. The van der Waals surface area contributed by atoms with Crippen molar-refractivity contribution in [2.45, 2.75) is 49.8 Å². The summed E-state index contributed by atoms with van der Waals surface area (Å²) in [5.74, 6) is 0.0695. The summed E-state index contributed by atoms with van der Waals surface area (Å²) in [6.07, 6.45) is 3.36. The number of thiophene rings is 2. The summed E-state index contributed by atoms with van der Waals surface area (Å²) in [5.41, 5.74) is 1.26. The molecule has 3 heterocycles. The van der Waals surface area contributed by atoms with Gasteiger partial charge in [0.05, 0.1) is 4.88 Å².